The van der Waals surface area contributed by atoms with Crippen LogP contribution in [0.25, 0.3) is 10.8 Å². The maximum Gasteiger partial charge on any atom is 0.260 e. The number of carbonyl (C=O) groups excluding carboxylic acids is 4. The summed E-state index contributed by atoms with van der Waals surface area (Å²) in [7, 11) is 1.54. The van der Waals surface area contributed by atoms with Crippen LogP contribution in [0.4, 0.5) is 5.69 Å². The molecule has 10 nitrogen and oxygen atoms in total. The van der Waals surface area contributed by atoms with E-state index in [1.807, 2.05) is 30.3 Å². The van der Waals surface area contributed by atoms with Crippen LogP contribution < -0.4 is 10.2 Å². The number of fused-ring (bicyclic) bond motifs is 5. The van der Waals surface area contributed by atoms with Crippen LogP contribution in [0.2, 0.25) is 10.0 Å². The number of hydrogen-bond donors (Lipinski definition) is 3. The number of carbonyl (C=O) groups is 4. The average Bonchev–Trinajstić information content (AvgIpc) is 3.59. The van der Waals surface area contributed by atoms with Crippen molar-refractivity contribution in [3.05, 3.63) is 142 Å². The van der Waals surface area contributed by atoms with E-state index in [4.69, 9.17) is 27.9 Å². The van der Waals surface area contributed by atoms with Crippen molar-refractivity contribution in [1.29, 1.82) is 0 Å². The van der Waals surface area contributed by atoms with Gasteiger partial charge < -0.3 is 14.9 Å². The highest BCUT2D eigenvalue weighted by Gasteiger charge is 2.70. The van der Waals surface area contributed by atoms with Gasteiger partial charge in [-0.3, -0.25) is 29.5 Å². The van der Waals surface area contributed by atoms with Crippen molar-refractivity contribution >= 4 is 63.3 Å². The molecular formula is C45H37Cl2N3O7. The van der Waals surface area contributed by atoms with Gasteiger partial charge in [0.1, 0.15) is 17.2 Å². The summed E-state index contributed by atoms with van der Waals surface area (Å²) < 4.78 is 5.50. The highest BCUT2D eigenvalue weighted by atomic mass is 35.5. The number of allylic oxidation sites excluding steroid dienone is 2. The summed E-state index contributed by atoms with van der Waals surface area (Å²) in [6.07, 6.45) is 2.70. The first kappa shape index (κ1) is 36.8. The van der Waals surface area contributed by atoms with Crippen LogP contribution in [0, 0.1) is 23.7 Å². The minimum absolute atomic E-state index is 0.0369. The molecule has 2 heterocycles. The molecule has 3 N–H and O–H groups in total. The van der Waals surface area contributed by atoms with Gasteiger partial charge in [0.2, 0.25) is 11.8 Å². The zero-order valence-corrected chi connectivity index (χ0v) is 32.2. The number of likely N-dealkylation sites (tertiary alicyclic amines) is 1. The molecule has 12 heteroatoms. The Labute approximate surface area is 338 Å². The van der Waals surface area contributed by atoms with E-state index in [0.717, 1.165) is 21.5 Å². The molecule has 288 valence electrons. The predicted molar refractivity (Wildman–Crippen MR) is 215 cm³/mol. The lowest BCUT2D eigenvalue weighted by Gasteiger charge is -2.50. The number of nitrogens with one attached hydrogen (secondary N) is 1. The van der Waals surface area contributed by atoms with Gasteiger partial charge in [0.25, 0.3) is 11.8 Å². The smallest absolute Gasteiger partial charge is 0.260 e. The molecule has 2 aliphatic carbocycles. The first-order valence-corrected chi connectivity index (χ1v) is 19.6. The lowest BCUT2D eigenvalue weighted by molar-refractivity contribution is -0.141. The van der Waals surface area contributed by atoms with Crippen molar-refractivity contribution in [1.82, 2.24) is 9.91 Å². The maximum atomic E-state index is 15.6. The van der Waals surface area contributed by atoms with E-state index in [-0.39, 0.29) is 53.4 Å². The summed E-state index contributed by atoms with van der Waals surface area (Å²) in [5, 5.41) is 24.9. The van der Waals surface area contributed by atoms with Crippen molar-refractivity contribution in [3.63, 3.8) is 0 Å². The number of anilines is 1. The minimum atomic E-state index is -1.62. The van der Waals surface area contributed by atoms with Crippen molar-refractivity contribution in [2.75, 3.05) is 19.1 Å². The number of aromatic hydroxyl groups is 2. The lowest BCUT2D eigenvalue weighted by Crippen LogP contribution is -2.53. The van der Waals surface area contributed by atoms with Crippen LogP contribution in [0.5, 0.6) is 17.2 Å². The Morgan fingerprint density at radius 3 is 2.33 bits per heavy atom. The molecule has 2 aliphatic heterocycles. The van der Waals surface area contributed by atoms with Crippen molar-refractivity contribution < 1.29 is 34.1 Å². The Balaban J connectivity index is 1.22. The maximum absolute atomic E-state index is 15.6. The summed E-state index contributed by atoms with van der Waals surface area (Å²) >= 11 is 12.8. The molecule has 0 spiro atoms. The lowest BCUT2D eigenvalue weighted by atomic mass is 9.49. The molecule has 0 radical (unpaired) electrons. The van der Waals surface area contributed by atoms with Crippen LogP contribution >= 0.6 is 23.2 Å². The van der Waals surface area contributed by atoms with E-state index in [1.165, 1.54) is 11.0 Å². The van der Waals surface area contributed by atoms with Gasteiger partial charge in [-0.2, -0.15) is 5.01 Å². The van der Waals surface area contributed by atoms with Gasteiger partial charge in [-0.25, -0.2) is 0 Å². The molecule has 3 fully saturated rings. The van der Waals surface area contributed by atoms with Gasteiger partial charge in [-0.05, 0) is 84.2 Å². The van der Waals surface area contributed by atoms with Gasteiger partial charge in [-0.15, -0.1) is 0 Å². The number of hydrogen-bond acceptors (Lipinski definition) is 8. The highest BCUT2D eigenvalue weighted by molar-refractivity contribution is 6.36. The molecule has 4 aliphatic rings. The number of benzene rings is 5. The number of amides is 4. The van der Waals surface area contributed by atoms with Gasteiger partial charge in [0.05, 0.1) is 41.0 Å². The SMILES string of the molecule is COc1ccc(C23C(=O)N(Nc4ccc(Cl)cc4Cl)C(=O)C2CC2C(=CCC4C(=O)N(CCc5ccc(O)cc5)C(=O)C42)C3c2ccc3ccccc3c2O)cc1. The van der Waals surface area contributed by atoms with E-state index in [0.29, 0.717) is 33.7 Å². The third-order valence-corrected chi connectivity index (χ3v) is 13.0. The second-order valence-corrected chi connectivity index (χ2v) is 16.0. The molecule has 6 unspecified atom stereocenters. The highest BCUT2D eigenvalue weighted by Crippen LogP contribution is 2.65. The second kappa shape index (κ2) is 14.0. The zero-order valence-electron chi connectivity index (χ0n) is 30.7. The van der Waals surface area contributed by atoms with Crippen molar-refractivity contribution in [2.45, 2.75) is 30.6 Å². The van der Waals surface area contributed by atoms with Gasteiger partial charge in [0.15, 0.2) is 0 Å². The van der Waals surface area contributed by atoms with Crippen LogP contribution in [-0.4, -0.2) is 57.4 Å². The van der Waals surface area contributed by atoms with Crippen LogP contribution in [0.1, 0.15) is 35.4 Å². The van der Waals surface area contributed by atoms with Crippen LogP contribution in [0.3, 0.4) is 0 Å². The Hall–Kier alpha value is -5.84. The number of phenols is 2. The monoisotopic (exact) mass is 801 g/mol. The first-order chi connectivity index (χ1) is 27.5. The molecule has 4 amide bonds. The Morgan fingerprint density at radius 2 is 1.60 bits per heavy atom. The van der Waals surface area contributed by atoms with E-state index >= 15 is 9.59 Å². The van der Waals surface area contributed by atoms with Gasteiger partial charge in [0, 0.05) is 28.4 Å². The first-order valence-electron chi connectivity index (χ1n) is 18.8. The summed E-state index contributed by atoms with van der Waals surface area (Å²) in [5.74, 6) is -5.07. The molecule has 5 aromatic rings. The number of halogens is 2. The molecule has 1 saturated carbocycles. The number of nitrogens with zero attached hydrogens (tertiary/aromatic N) is 2. The van der Waals surface area contributed by atoms with E-state index in [1.54, 1.807) is 79.9 Å². The summed E-state index contributed by atoms with van der Waals surface area (Å²) in [6.45, 7) is 0.155. The Morgan fingerprint density at radius 1 is 0.842 bits per heavy atom. The molecule has 0 bridgehead atoms. The second-order valence-electron chi connectivity index (χ2n) is 15.2. The quantitative estimate of drug-likeness (QED) is 0.107. The molecule has 0 aromatic heterocycles. The molecular weight excluding hydrogens is 765 g/mol. The zero-order chi connectivity index (χ0) is 39.7. The minimum Gasteiger partial charge on any atom is -0.508 e. The number of hydrazine groups is 1. The largest absolute Gasteiger partial charge is 0.508 e. The van der Waals surface area contributed by atoms with E-state index in [9.17, 15) is 19.8 Å². The number of ether oxygens (including phenoxy) is 1. The molecule has 6 atom stereocenters. The fraction of sp³-hybridized carbons (Fsp3) is 0.244. The fourth-order valence-corrected chi connectivity index (χ4v) is 10.3. The third-order valence-electron chi connectivity index (χ3n) is 12.5. The van der Waals surface area contributed by atoms with E-state index in [2.05, 4.69) is 5.43 Å². The van der Waals surface area contributed by atoms with Crippen molar-refractivity contribution in [2.24, 2.45) is 23.7 Å². The molecule has 5 aromatic carbocycles. The van der Waals surface area contributed by atoms with Crippen molar-refractivity contribution in [3.8, 4) is 17.2 Å². The molecule has 9 rings (SSSR count). The van der Waals surface area contributed by atoms with Crippen LogP contribution in [-0.2, 0) is 31.0 Å². The van der Waals surface area contributed by atoms with Gasteiger partial charge in [-0.1, -0.05) is 95.5 Å². The number of methoxy groups -OCH3 is 1. The topological polar surface area (TPSA) is 136 Å². The standard InChI is InChI=1S/C45H37Cl2N3O7/c1-57-29-14-9-26(10-15-29)45-35(42(54)50(44(45)56)48-37-19-11-27(46)22-36(37)47)23-34-31(39(45)33-16-8-25-4-2-3-5-30(25)40(33)52)17-18-32-38(34)43(55)49(41(32)53)21-20-24-6-12-28(51)13-7-24/h2-17,19,22,32,34-35,38-39,48,51-52H,18,20-21,23H2,1H3. The van der Waals surface area contributed by atoms with Crippen LogP contribution in [0.15, 0.2) is 115 Å². The Bertz CT molecular complexity index is 2520. The predicted octanol–water partition coefficient (Wildman–Crippen LogP) is 7.79. The summed E-state index contributed by atoms with van der Waals surface area (Å²) in [5.41, 5.74) is 4.22. The number of rotatable bonds is 8. The summed E-state index contributed by atoms with van der Waals surface area (Å²) in [6, 6.07) is 29.5. The fourth-order valence-electron chi connectivity index (χ4n) is 9.88. The molecule has 2 saturated heterocycles. The Kier molecular flexibility index (Phi) is 9.01. The van der Waals surface area contributed by atoms with Gasteiger partial charge >= 0.3 is 0 Å². The third kappa shape index (κ3) is 5.68. The molecule has 57 heavy (non-hydrogen) atoms. The number of imide groups is 2. The number of phenolic OH excluding ortho intramolecular Hbond substituents is 2. The van der Waals surface area contributed by atoms with E-state index < -0.39 is 46.8 Å². The normalized spacial score (nSPS) is 25.3. The average molecular weight is 803 g/mol. The summed E-state index contributed by atoms with van der Waals surface area (Å²) in [4.78, 5) is 60.6.